The number of pyridine rings is 1. The Morgan fingerprint density at radius 1 is 0.759 bits per heavy atom. The molecule has 4 aromatic rings. The molecule has 0 radical (unpaired) electrons. The lowest BCUT2D eigenvalue weighted by atomic mass is 10.1. The highest BCUT2D eigenvalue weighted by atomic mass is 16.3. The fourth-order valence-corrected chi connectivity index (χ4v) is 3.76. The van der Waals surface area contributed by atoms with Crippen LogP contribution < -0.4 is 9.80 Å². The lowest BCUT2D eigenvalue weighted by Gasteiger charge is -2.37. The Morgan fingerprint density at radius 3 is 2.28 bits per heavy atom. The lowest BCUT2D eigenvalue weighted by Crippen LogP contribution is -2.47. The van der Waals surface area contributed by atoms with E-state index in [4.69, 9.17) is 9.97 Å². The second kappa shape index (κ2) is 7.39. The number of anilines is 2. The van der Waals surface area contributed by atoms with Crippen molar-refractivity contribution in [3.05, 3.63) is 73.1 Å². The standard InChI is InChI=1S/C23H21N5O/c29-19-9-7-18(8-10-19)27-12-14-28(15-13-27)23-20-5-1-2-6-21(20)25-22(26-23)17-4-3-11-24-16-17/h1-11,16,29H,12-15H2. The summed E-state index contributed by atoms with van der Waals surface area (Å²) >= 11 is 0. The fraction of sp³-hybridized carbons (Fsp3) is 0.174. The zero-order valence-corrected chi connectivity index (χ0v) is 15.9. The fourth-order valence-electron chi connectivity index (χ4n) is 3.76. The number of para-hydroxylation sites is 1. The summed E-state index contributed by atoms with van der Waals surface area (Å²) in [7, 11) is 0. The van der Waals surface area contributed by atoms with E-state index in [-0.39, 0.29) is 0 Å². The number of rotatable bonds is 3. The number of phenols is 1. The zero-order valence-electron chi connectivity index (χ0n) is 15.9. The molecule has 6 nitrogen and oxygen atoms in total. The van der Waals surface area contributed by atoms with Gasteiger partial charge in [0.2, 0.25) is 0 Å². The second-order valence-electron chi connectivity index (χ2n) is 7.12. The second-order valence-corrected chi connectivity index (χ2v) is 7.12. The summed E-state index contributed by atoms with van der Waals surface area (Å²) in [5.74, 6) is 1.97. The van der Waals surface area contributed by atoms with E-state index in [1.165, 1.54) is 0 Å². The molecular formula is C23H21N5O. The van der Waals surface area contributed by atoms with Gasteiger partial charge in [0.15, 0.2) is 5.82 Å². The Hall–Kier alpha value is -3.67. The monoisotopic (exact) mass is 383 g/mol. The molecule has 0 saturated carbocycles. The van der Waals surface area contributed by atoms with Crippen molar-refractivity contribution in [1.29, 1.82) is 0 Å². The van der Waals surface area contributed by atoms with Crippen LogP contribution in [0.5, 0.6) is 5.75 Å². The SMILES string of the molecule is Oc1ccc(N2CCN(c3nc(-c4cccnc4)nc4ccccc34)CC2)cc1. The number of aromatic hydroxyl groups is 1. The first-order chi connectivity index (χ1) is 14.3. The molecule has 1 aliphatic rings. The first-order valence-corrected chi connectivity index (χ1v) is 9.74. The van der Waals surface area contributed by atoms with Crippen LogP contribution in [0.3, 0.4) is 0 Å². The zero-order chi connectivity index (χ0) is 19.6. The van der Waals surface area contributed by atoms with Gasteiger partial charge in [-0.3, -0.25) is 4.98 Å². The molecule has 1 fully saturated rings. The normalized spacial score (nSPS) is 14.3. The minimum absolute atomic E-state index is 0.294. The van der Waals surface area contributed by atoms with Crippen LogP contribution in [0.4, 0.5) is 11.5 Å². The molecule has 0 bridgehead atoms. The van der Waals surface area contributed by atoms with Crippen molar-refractivity contribution in [1.82, 2.24) is 15.0 Å². The number of hydrogen-bond donors (Lipinski definition) is 1. The molecule has 1 saturated heterocycles. The smallest absolute Gasteiger partial charge is 0.163 e. The van der Waals surface area contributed by atoms with Crippen molar-refractivity contribution in [2.75, 3.05) is 36.0 Å². The van der Waals surface area contributed by atoms with Crippen LogP contribution in [0, 0.1) is 0 Å². The molecule has 29 heavy (non-hydrogen) atoms. The number of benzene rings is 2. The topological polar surface area (TPSA) is 65.4 Å². The van der Waals surface area contributed by atoms with E-state index in [9.17, 15) is 5.11 Å². The quantitative estimate of drug-likeness (QED) is 0.582. The highest BCUT2D eigenvalue weighted by Gasteiger charge is 2.21. The third-order valence-corrected chi connectivity index (χ3v) is 5.30. The molecule has 0 atom stereocenters. The molecule has 1 N–H and O–H groups in total. The number of nitrogens with zero attached hydrogens (tertiary/aromatic N) is 5. The summed E-state index contributed by atoms with van der Waals surface area (Å²) in [5.41, 5.74) is 2.99. The molecule has 0 aliphatic carbocycles. The van der Waals surface area contributed by atoms with Crippen LogP contribution in [0.1, 0.15) is 0 Å². The maximum Gasteiger partial charge on any atom is 0.163 e. The lowest BCUT2D eigenvalue weighted by molar-refractivity contribution is 0.475. The maximum atomic E-state index is 9.52. The van der Waals surface area contributed by atoms with Gasteiger partial charge in [0, 0.05) is 55.2 Å². The molecule has 3 heterocycles. The Kier molecular flexibility index (Phi) is 4.44. The van der Waals surface area contributed by atoms with E-state index >= 15 is 0 Å². The van der Waals surface area contributed by atoms with Crippen LogP contribution in [0.25, 0.3) is 22.3 Å². The van der Waals surface area contributed by atoms with Crippen LogP contribution in [0.2, 0.25) is 0 Å². The van der Waals surface area contributed by atoms with Gasteiger partial charge in [-0.2, -0.15) is 0 Å². The molecule has 0 unspecified atom stereocenters. The number of phenolic OH excluding ortho intramolecular Hbond substituents is 1. The third-order valence-electron chi connectivity index (χ3n) is 5.30. The van der Waals surface area contributed by atoms with Crippen LogP contribution in [-0.4, -0.2) is 46.2 Å². The van der Waals surface area contributed by atoms with Gasteiger partial charge in [-0.1, -0.05) is 12.1 Å². The van der Waals surface area contributed by atoms with Crippen molar-refractivity contribution in [3.63, 3.8) is 0 Å². The summed E-state index contributed by atoms with van der Waals surface area (Å²) in [6.45, 7) is 3.53. The first-order valence-electron chi connectivity index (χ1n) is 9.74. The van der Waals surface area contributed by atoms with Crippen LogP contribution in [-0.2, 0) is 0 Å². The highest BCUT2D eigenvalue weighted by molar-refractivity contribution is 5.91. The number of piperazine rings is 1. The molecular weight excluding hydrogens is 362 g/mol. The van der Waals surface area contributed by atoms with Crippen molar-refractivity contribution >= 4 is 22.4 Å². The first kappa shape index (κ1) is 17.4. The predicted octanol–water partition coefficient (Wildman–Crippen LogP) is 3.72. The maximum absolute atomic E-state index is 9.52. The number of aromatic nitrogens is 3. The molecule has 6 heteroatoms. The van der Waals surface area contributed by atoms with E-state index < -0.39 is 0 Å². The molecule has 2 aromatic heterocycles. The Balaban J connectivity index is 1.46. The summed E-state index contributed by atoms with van der Waals surface area (Å²) in [6, 6.07) is 19.5. The predicted molar refractivity (Wildman–Crippen MR) is 115 cm³/mol. The van der Waals surface area contributed by atoms with Crippen molar-refractivity contribution in [2.24, 2.45) is 0 Å². The summed E-state index contributed by atoms with van der Waals surface area (Å²) in [4.78, 5) is 18.6. The van der Waals surface area contributed by atoms with E-state index in [2.05, 4.69) is 20.9 Å². The Bertz CT molecular complexity index is 1120. The highest BCUT2D eigenvalue weighted by Crippen LogP contribution is 2.29. The average Bonchev–Trinajstić information content (AvgIpc) is 2.80. The van der Waals surface area contributed by atoms with Crippen molar-refractivity contribution < 1.29 is 5.11 Å². The van der Waals surface area contributed by atoms with Gasteiger partial charge in [0.05, 0.1) is 5.52 Å². The van der Waals surface area contributed by atoms with Gasteiger partial charge in [0.1, 0.15) is 11.6 Å². The number of hydrogen-bond acceptors (Lipinski definition) is 6. The van der Waals surface area contributed by atoms with E-state index in [1.807, 2.05) is 42.5 Å². The Labute approximate surface area is 169 Å². The summed E-state index contributed by atoms with van der Waals surface area (Å²) in [5, 5.41) is 10.6. The van der Waals surface area contributed by atoms with Gasteiger partial charge in [-0.25, -0.2) is 9.97 Å². The minimum atomic E-state index is 0.294. The van der Waals surface area contributed by atoms with Crippen LogP contribution >= 0.6 is 0 Å². The van der Waals surface area contributed by atoms with Crippen LogP contribution in [0.15, 0.2) is 73.1 Å². The van der Waals surface area contributed by atoms with E-state index in [1.54, 1.807) is 24.5 Å². The van der Waals surface area contributed by atoms with Gasteiger partial charge in [-0.05, 0) is 48.5 Å². The van der Waals surface area contributed by atoms with Crippen molar-refractivity contribution in [3.8, 4) is 17.1 Å². The largest absolute Gasteiger partial charge is 0.508 e. The molecule has 0 amide bonds. The number of fused-ring (bicyclic) bond motifs is 1. The minimum Gasteiger partial charge on any atom is -0.508 e. The van der Waals surface area contributed by atoms with Gasteiger partial charge in [0.25, 0.3) is 0 Å². The molecule has 1 aliphatic heterocycles. The van der Waals surface area contributed by atoms with Gasteiger partial charge in [-0.15, -0.1) is 0 Å². The third kappa shape index (κ3) is 3.45. The van der Waals surface area contributed by atoms with E-state index in [0.717, 1.165) is 54.2 Å². The van der Waals surface area contributed by atoms with Gasteiger partial charge < -0.3 is 14.9 Å². The summed E-state index contributed by atoms with van der Waals surface area (Å²) < 4.78 is 0. The molecule has 0 spiro atoms. The van der Waals surface area contributed by atoms with E-state index in [0.29, 0.717) is 11.6 Å². The average molecular weight is 383 g/mol. The van der Waals surface area contributed by atoms with Crippen molar-refractivity contribution in [2.45, 2.75) is 0 Å². The van der Waals surface area contributed by atoms with Gasteiger partial charge >= 0.3 is 0 Å². The molecule has 2 aromatic carbocycles. The molecule has 144 valence electrons. The Morgan fingerprint density at radius 2 is 1.52 bits per heavy atom. The summed E-state index contributed by atoms with van der Waals surface area (Å²) in [6.07, 6.45) is 3.56. The molecule has 5 rings (SSSR count).